The van der Waals surface area contributed by atoms with Crippen LogP contribution < -0.4 is 10.1 Å². The van der Waals surface area contributed by atoms with E-state index >= 15 is 0 Å². The number of carbonyl (C=O) groups excluding carboxylic acids is 1. The minimum absolute atomic E-state index is 0.000308. The number of nitrogens with one attached hydrogen (secondary N) is 1. The third kappa shape index (κ3) is 3.98. The highest BCUT2D eigenvalue weighted by atomic mass is 35.5. The SMILES string of the molecule is COc1ccc(-c2nc3ccccc3c(C(=O)Nc3ccc(Cl)c([N+](=O)[O-])c3)c2C)cc1. The van der Waals surface area contributed by atoms with Crippen molar-refractivity contribution >= 4 is 39.8 Å². The van der Waals surface area contributed by atoms with Crippen molar-refractivity contribution in [3.05, 3.63) is 93.0 Å². The Morgan fingerprint density at radius 2 is 1.81 bits per heavy atom. The number of pyridine rings is 1. The molecule has 1 N–H and O–H groups in total. The molecule has 0 spiro atoms. The normalized spacial score (nSPS) is 10.7. The predicted molar refractivity (Wildman–Crippen MR) is 125 cm³/mol. The van der Waals surface area contributed by atoms with Crippen molar-refractivity contribution in [3.8, 4) is 17.0 Å². The summed E-state index contributed by atoms with van der Waals surface area (Å²) in [6.45, 7) is 1.83. The zero-order chi connectivity index (χ0) is 22.8. The van der Waals surface area contributed by atoms with E-state index in [1.54, 1.807) is 7.11 Å². The highest BCUT2D eigenvalue weighted by Gasteiger charge is 2.20. The maximum atomic E-state index is 13.3. The fourth-order valence-electron chi connectivity index (χ4n) is 3.55. The molecule has 1 amide bonds. The number of ether oxygens (including phenoxy) is 1. The first-order chi connectivity index (χ1) is 15.4. The molecule has 4 aromatic rings. The lowest BCUT2D eigenvalue weighted by Crippen LogP contribution is -2.15. The van der Waals surface area contributed by atoms with Crippen LogP contribution in [0, 0.1) is 17.0 Å². The molecular formula is C24H18ClN3O4. The fourth-order valence-corrected chi connectivity index (χ4v) is 3.74. The van der Waals surface area contributed by atoms with Crippen LogP contribution in [0.15, 0.2) is 66.7 Å². The molecule has 0 bridgehead atoms. The Kier molecular flexibility index (Phi) is 5.75. The van der Waals surface area contributed by atoms with Crippen molar-refractivity contribution in [1.82, 2.24) is 4.98 Å². The number of nitro benzene ring substituents is 1. The summed E-state index contributed by atoms with van der Waals surface area (Å²) < 4.78 is 5.23. The molecule has 0 atom stereocenters. The summed E-state index contributed by atoms with van der Waals surface area (Å²) in [5.41, 5.74) is 3.30. The van der Waals surface area contributed by atoms with Crippen molar-refractivity contribution < 1.29 is 14.5 Å². The number of anilines is 1. The van der Waals surface area contributed by atoms with E-state index < -0.39 is 10.8 Å². The van der Waals surface area contributed by atoms with E-state index in [-0.39, 0.29) is 16.4 Å². The molecule has 1 heterocycles. The van der Waals surface area contributed by atoms with Crippen LogP contribution in [0.5, 0.6) is 5.75 Å². The Balaban J connectivity index is 1.82. The zero-order valence-electron chi connectivity index (χ0n) is 17.3. The van der Waals surface area contributed by atoms with Gasteiger partial charge in [0.25, 0.3) is 11.6 Å². The summed E-state index contributed by atoms with van der Waals surface area (Å²) in [5, 5.41) is 14.6. The number of benzene rings is 3. The summed E-state index contributed by atoms with van der Waals surface area (Å²) in [6.07, 6.45) is 0. The van der Waals surface area contributed by atoms with E-state index in [0.29, 0.717) is 27.7 Å². The Morgan fingerprint density at radius 1 is 1.09 bits per heavy atom. The van der Waals surface area contributed by atoms with Gasteiger partial charge in [-0.3, -0.25) is 14.9 Å². The number of fused-ring (bicyclic) bond motifs is 1. The maximum absolute atomic E-state index is 13.3. The minimum atomic E-state index is -0.590. The molecule has 0 aliphatic rings. The molecule has 3 aromatic carbocycles. The minimum Gasteiger partial charge on any atom is -0.497 e. The number of halogens is 1. The standard InChI is InChI=1S/C24H18ClN3O4/c1-14-22(24(29)26-16-9-12-19(25)21(13-16)28(30)31)18-5-3-4-6-20(18)27-23(14)15-7-10-17(32-2)11-8-15/h3-13H,1-2H3,(H,26,29). The first-order valence-corrected chi connectivity index (χ1v) is 10.1. The number of para-hydroxylation sites is 1. The second kappa shape index (κ2) is 8.64. The highest BCUT2D eigenvalue weighted by molar-refractivity contribution is 6.32. The van der Waals surface area contributed by atoms with Gasteiger partial charge < -0.3 is 10.1 Å². The lowest BCUT2D eigenvalue weighted by molar-refractivity contribution is -0.384. The van der Waals surface area contributed by atoms with Gasteiger partial charge in [-0.1, -0.05) is 29.8 Å². The molecule has 0 aliphatic heterocycles. The number of aromatic nitrogens is 1. The van der Waals surface area contributed by atoms with Crippen molar-refractivity contribution in [2.75, 3.05) is 12.4 Å². The van der Waals surface area contributed by atoms with Crippen molar-refractivity contribution in [3.63, 3.8) is 0 Å². The third-order valence-electron chi connectivity index (χ3n) is 5.13. The molecule has 4 rings (SSSR count). The number of nitrogens with zero attached hydrogens (tertiary/aromatic N) is 2. The van der Waals surface area contributed by atoms with E-state index in [1.165, 1.54) is 18.2 Å². The molecular weight excluding hydrogens is 430 g/mol. The van der Waals surface area contributed by atoms with E-state index in [1.807, 2.05) is 55.5 Å². The van der Waals surface area contributed by atoms with Crippen molar-refractivity contribution in [2.24, 2.45) is 0 Å². The van der Waals surface area contributed by atoms with Gasteiger partial charge in [0.05, 0.1) is 28.8 Å². The van der Waals surface area contributed by atoms with E-state index in [9.17, 15) is 14.9 Å². The smallest absolute Gasteiger partial charge is 0.289 e. The van der Waals surface area contributed by atoms with Crippen molar-refractivity contribution in [2.45, 2.75) is 6.92 Å². The number of methoxy groups -OCH3 is 1. The van der Waals surface area contributed by atoms with Gasteiger partial charge in [0, 0.05) is 22.7 Å². The second-order valence-corrected chi connectivity index (χ2v) is 7.49. The van der Waals surface area contributed by atoms with Gasteiger partial charge in [-0.05, 0) is 55.0 Å². The van der Waals surface area contributed by atoms with E-state index in [2.05, 4.69) is 5.32 Å². The number of hydrogen-bond donors (Lipinski definition) is 1. The summed E-state index contributed by atoms with van der Waals surface area (Å²) in [6, 6.07) is 18.9. The summed E-state index contributed by atoms with van der Waals surface area (Å²) in [7, 11) is 1.60. The van der Waals surface area contributed by atoms with E-state index in [4.69, 9.17) is 21.3 Å². The topological polar surface area (TPSA) is 94.4 Å². The van der Waals surface area contributed by atoms with Gasteiger partial charge in [-0.25, -0.2) is 4.98 Å². The average molecular weight is 448 g/mol. The van der Waals surface area contributed by atoms with Crippen LogP contribution >= 0.6 is 11.6 Å². The van der Waals surface area contributed by atoms with Gasteiger partial charge in [0.15, 0.2) is 0 Å². The zero-order valence-corrected chi connectivity index (χ0v) is 18.0. The number of carbonyl (C=O) groups is 1. The van der Waals surface area contributed by atoms with Crippen LogP contribution in [-0.2, 0) is 0 Å². The fraction of sp³-hybridized carbons (Fsp3) is 0.0833. The lowest BCUT2D eigenvalue weighted by Gasteiger charge is -2.15. The van der Waals surface area contributed by atoms with Gasteiger partial charge in [-0.15, -0.1) is 0 Å². The van der Waals surface area contributed by atoms with Gasteiger partial charge in [-0.2, -0.15) is 0 Å². The monoisotopic (exact) mass is 447 g/mol. The molecule has 32 heavy (non-hydrogen) atoms. The largest absolute Gasteiger partial charge is 0.497 e. The molecule has 0 fully saturated rings. The van der Waals surface area contributed by atoms with Crippen LogP contribution in [0.25, 0.3) is 22.2 Å². The Morgan fingerprint density at radius 3 is 2.50 bits per heavy atom. The van der Waals surface area contributed by atoms with E-state index in [0.717, 1.165) is 11.3 Å². The van der Waals surface area contributed by atoms with Gasteiger partial charge in [0.2, 0.25) is 0 Å². The van der Waals surface area contributed by atoms with Crippen LogP contribution in [0.4, 0.5) is 11.4 Å². The Bertz CT molecular complexity index is 1350. The molecule has 0 aliphatic carbocycles. The third-order valence-corrected chi connectivity index (χ3v) is 5.45. The summed E-state index contributed by atoms with van der Waals surface area (Å²) in [5.74, 6) is 0.321. The molecule has 7 nitrogen and oxygen atoms in total. The number of nitro groups is 1. The second-order valence-electron chi connectivity index (χ2n) is 7.08. The highest BCUT2D eigenvalue weighted by Crippen LogP contribution is 2.32. The molecule has 8 heteroatoms. The number of amides is 1. The van der Waals surface area contributed by atoms with Gasteiger partial charge in [0.1, 0.15) is 10.8 Å². The van der Waals surface area contributed by atoms with Crippen LogP contribution in [-0.4, -0.2) is 22.9 Å². The quantitative estimate of drug-likeness (QED) is 0.297. The first-order valence-electron chi connectivity index (χ1n) is 9.68. The maximum Gasteiger partial charge on any atom is 0.289 e. The molecule has 0 radical (unpaired) electrons. The van der Waals surface area contributed by atoms with Crippen LogP contribution in [0.3, 0.4) is 0 Å². The predicted octanol–water partition coefficient (Wildman–Crippen LogP) is 6.03. The summed E-state index contributed by atoms with van der Waals surface area (Å²) in [4.78, 5) is 28.7. The molecule has 1 aromatic heterocycles. The summed E-state index contributed by atoms with van der Waals surface area (Å²) >= 11 is 5.89. The molecule has 0 unspecified atom stereocenters. The number of rotatable bonds is 5. The van der Waals surface area contributed by atoms with Crippen LogP contribution in [0.2, 0.25) is 5.02 Å². The molecule has 0 saturated carbocycles. The Labute approximate surface area is 188 Å². The number of hydrogen-bond acceptors (Lipinski definition) is 5. The first kappa shape index (κ1) is 21.3. The van der Waals surface area contributed by atoms with Crippen LogP contribution in [0.1, 0.15) is 15.9 Å². The lowest BCUT2D eigenvalue weighted by atomic mass is 9.97. The molecule has 0 saturated heterocycles. The van der Waals surface area contributed by atoms with Gasteiger partial charge >= 0.3 is 0 Å². The van der Waals surface area contributed by atoms with Crippen molar-refractivity contribution in [1.29, 1.82) is 0 Å². The molecule has 160 valence electrons. The average Bonchev–Trinajstić information content (AvgIpc) is 2.79. The Hall–Kier alpha value is -3.97.